The number of hydrogen-bond donors (Lipinski definition) is 0. The molecule has 0 unspecified atom stereocenters. The number of ether oxygens (including phenoxy) is 2. The zero-order chi connectivity index (χ0) is 17.4. The Hall–Kier alpha value is -0.980. The van der Waals surface area contributed by atoms with Gasteiger partial charge in [0, 0.05) is 64.6 Å². The molecule has 1 spiro atoms. The van der Waals surface area contributed by atoms with Gasteiger partial charge >= 0.3 is 0 Å². The van der Waals surface area contributed by atoms with Gasteiger partial charge in [0.15, 0.2) is 0 Å². The van der Waals surface area contributed by atoms with Crippen LogP contribution < -0.4 is 0 Å². The van der Waals surface area contributed by atoms with Crippen molar-refractivity contribution in [1.82, 2.24) is 14.7 Å². The molecule has 4 fully saturated rings. The summed E-state index contributed by atoms with van der Waals surface area (Å²) in [6.45, 7) is 10.6. The standard InChI is InChI=1S/C21H31N3O2/c1-2-4-18(5-3-1)12-22-13-20-14-26-11-8-24(20)21(15-22)16-23(17-21)19-6-9-25-10-7-19/h1-5,19-20H,6-17H2/t20-/m1/s1. The molecular formula is C21H31N3O2. The van der Waals surface area contributed by atoms with Crippen LogP contribution in [0.2, 0.25) is 0 Å². The number of benzene rings is 1. The largest absolute Gasteiger partial charge is 0.381 e. The first kappa shape index (κ1) is 17.1. The predicted molar refractivity (Wildman–Crippen MR) is 101 cm³/mol. The van der Waals surface area contributed by atoms with Crippen molar-refractivity contribution in [3.63, 3.8) is 0 Å². The van der Waals surface area contributed by atoms with Gasteiger partial charge in [-0.25, -0.2) is 0 Å². The zero-order valence-electron chi connectivity index (χ0n) is 15.7. The van der Waals surface area contributed by atoms with E-state index in [0.29, 0.717) is 11.6 Å². The van der Waals surface area contributed by atoms with Crippen LogP contribution in [0.5, 0.6) is 0 Å². The van der Waals surface area contributed by atoms with E-state index in [0.717, 1.165) is 52.1 Å². The summed E-state index contributed by atoms with van der Waals surface area (Å²) < 4.78 is 11.4. The van der Waals surface area contributed by atoms with Gasteiger partial charge < -0.3 is 9.47 Å². The van der Waals surface area contributed by atoms with Gasteiger partial charge in [0.05, 0.1) is 18.8 Å². The Balaban J connectivity index is 1.30. The molecule has 26 heavy (non-hydrogen) atoms. The monoisotopic (exact) mass is 357 g/mol. The number of hydrogen-bond acceptors (Lipinski definition) is 5. The third-order valence-electron chi connectivity index (χ3n) is 6.77. The van der Waals surface area contributed by atoms with E-state index >= 15 is 0 Å². The molecule has 4 heterocycles. The van der Waals surface area contributed by atoms with Crippen molar-refractivity contribution in [2.45, 2.75) is 37.0 Å². The number of rotatable bonds is 3. The van der Waals surface area contributed by atoms with Crippen molar-refractivity contribution in [3.05, 3.63) is 35.9 Å². The molecule has 0 bridgehead atoms. The summed E-state index contributed by atoms with van der Waals surface area (Å²) in [4.78, 5) is 8.20. The van der Waals surface area contributed by atoms with Crippen LogP contribution in [0, 0.1) is 0 Å². The minimum absolute atomic E-state index is 0.333. The lowest BCUT2D eigenvalue weighted by Crippen LogP contribution is -2.81. The van der Waals surface area contributed by atoms with Gasteiger partial charge in [-0.05, 0) is 18.4 Å². The molecule has 0 aliphatic carbocycles. The van der Waals surface area contributed by atoms with Crippen LogP contribution in [0.3, 0.4) is 0 Å². The number of morpholine rings is 1. The first-order chi connectivity index (χ1) is 12.8. The molecular weight excluding hydrogens is 326 g/mol. The highest BCUT2D eigenvalue weighted by atomic mass is 16.5. The Labute approximate surface area is 156 Å². The van der Waals surface area contributed by atoms with Gasteiger partial charge in [-0.2, -0.15) is 0 Å². The van der Waals surface area contributed by atoms with Gasteiger partial charge in [-0.1, -0.05) is 30.3 Å². The SMILES string of the molecule is c1ccc(CN2C[C@@H]3COCCN3C3(C2)CN(C2CCOCC2)C3)cc1. The van der Waals surface area contributed by atoms with Crippen molar-refractivity contribution in [1.29, 1.82) is 0 Å². The van der Waals surface area contributed by atoms with E-state index in [-0.39, 0.29) is 0 Å². The maximum atomic E-state index is 5.84. The number of fused-ring (bicyclic) bond motifs is 2. The Morgan fingerprint density at radius 2 is 1.73 bits per heavy atom. The first-order valence-corrected chi connectivity index (χ1v) is 10.2. The second-order valence-corrected chi connectivity index (χ2v) is 8.55. The van der Waals surface area contributed by atoms with E-state index in [2.05, 4.69) is 45.0 Å². The molecule has 5 rings (SSSR count). The molecule has 142 valence electrons. The average Bonchev–Trinajstić information content (AvgIpc) is 2.67. The third-order valence-corrected chi connectivity index (χ3v) is 6.77. The minimum Gasteiger partial charge on any atom is -0.381 e. The van der Waals surface area contributed by atoms with Crippen LogP contribution in [0.4, 0.5) is 0 Å². The van der Waals surface area contributed by atoms with Crippen LogP contribution in [0.25, 0.3) is 0 Å². The molecule has 1 atom stereocenters. The van der Waals surface area contributed by atoms with E-state index in [1.54, 1.807) is 0 Å². The van der Waals surface area contributed by atoms with Gasteiger partial charge in [0.25, 0.3) is 0 Å². The maximum Gasteiger partial charge on any atom is 0.0635 e. The third kappa shape index (κ3) is 3.20. The Morgan fingerprint density at radius 1 is 0.923 bits per heavy atom. The minimum atomic E-state index is 0.333. The molecule has 0 aromatic heterocycles. The van der Waals surface area contributed by atoms with Crippen molar-refractivity contribution < 1.29 is 9.47 Å². The summed E-state index contributed by atoms with van der Waals surface area (Å²) in [5.74, 6) is 0. The highest BCUT2D eigenvalue weighted by molar-refractivity contribution is 5.17. The fraction of sp³-hybridized carbons (Fsp3) is 0.714. The molecule has 1 aromatic rings. The lowest BCUT2D eigenvalue weighted by atomic mass is 9.80. The normalized spacial score (nSPS) is 30.8. The summed E-state index contributed by atoms with van der Waals surface area (Å²) >= 11 is 0. The molecule has 1 aromatic carbocycles. The highest BCUT2D eigenvalue weighted by Crippen LogP contribution is 2.38. The second-order valence-electron chi connectivity index (χ2n) is 8.55. The van der Waals surface area contributed by atoms with Gasteiger partial charge in [-0.15, -0.1) is 0 Å². The Morgan fingerprint density at radius 3 is 2.54 bits per heavy atom. The summed E-state index contributed by atoms with van der Waals surface area (Å²) in [5, 5.41) is 0. The van der Waals surface area contributed by atoms with Crippen molar-refractivity contribution >= 4 is 0 Å². The van der Waals surface area contributed by atoms with Crippen LogP contribution in [-0.2, 0) is 16.0 Å². The average molecular weight is 357 g/mol. The molecule has 0 saturated carbocycles. The fourth-order valence-electron chi connectivity index (χ4n) is 5.56. The van der Waals surface area contributed by atoms with Crippen molar-refractivity contribution in [2.24, 2.45) is 0 Å². The zero-order valence-corrected chi connectivity index (χ0v) is 15.7. The smallest absolute Gasteiger partial charge is 0.0635 e. The molecule has 0 amide bonds. The molecule has 4 aliphatic rings. The van der Waals surface area contributed by atoms with Crippen molar-refractivity contribution in [2.75, 3.05) is 59.2 Å². The van der Waals surface area contributed by atoms with E-state index in [1.807, 2.05) is 0 Å². The highest BCUT2D eigenvalue weighted by Gasteiger charge is 2.55. The molecule has 0 N–H and O–H groups in total. The summed E-state index contributed by atoms with van der Waals surface area (Å²) in [7, 11) is 0. The number of piperazine rings is 1. The Bertz CT molecular complexity index is 599. The molecule has 4 saturated heterocycles. The van der Waals surface area contributed by atoms with E-state index < -0.39 is 0 Å². The first-order valence-electron chi connectivity index (χ1n) is 10.2. The van der Waals surface area contributed by atoms with Gasteiger partial charge in [0.2, 0.25) is 0 Å². The lowest BCUT2D eigenvalue weighted by molar-refractivity contribution is -0.179. The van der Waals surface area contributed by atoms with Crippen LogP contribution >= 0.6 is 0 Å². The summed E-state index contributed by atoms with van der Waals surface area (Å²) in [6.07, 6.45) is 2.41. The van der Waals surface area contributed by atoms with Crippen molar-refractivity contribution in [3.8, 4) is 0 Å². The summed E-state index contributed by atoms with van der Waals surface area (Å²) in [6, 6.07) is 12.2. The molecule has 5 heteroatoms. The molecule has 0 radical (unpaired) electrons. The predicted octanol–water partition coefficient (Wildman–Crippen LogP) is 1.44. The quantitative estimate of drug-likeness (QED) is 0.816. The van der Waals surface area contributed by atoms with Gasteiger partial charge in [0.1, 0.15) is 0 Å². The summed E-state index contributed by atoms with van der Waals surface area (Å²) in [5.41, 5.74) is 1.76. The maximum absolute atomic E-state index is 5.84. The second kappa shape index (κ2) is 7.21. The van der Waals surface area contributed by atoms with Crippen LogP contribution in [-0.4, -0.2) is 91.5 Å². The lowest BCUT2D eigenvalue weighted by Gasteiger charge is -2.65. The van der Waals surface area contributed by atoms with Crippen LogP contribution in [0.15, 0.2) is 30.3 Å². The fourth-order valence-corrected chi connectivity index (χ4v) is 5.56. The number of likely N-dealkylation sites (tertiary alicyclic amines) is 1. The number of nitrogens with zero attached hydrogens (tertiary/aromatic N) is 3. The van der Waals surface area contributed by atoms with Gasteiger partial charge in [-0.3, -0.25) is 14.7 Å². The van der Waals surface area contributed by atoms with E-state index in [1.165, 1.54) is 38.0 Å². The molecule has 4 aliphatic heterocycles. The molecule has 5 nitrogen and oxygen atoms in total. The van der Waals surface area contributed by atoms with E-state index in [4.69, 9.17) is 9.47 Å². The topological polar surface area (TPSA) is 28.2 Å². The Kier molecular flexibility index (Phi) is 4.75. The van der Waals surface area contributed by atoms with E-state index in [9.17, 15) is 0 Å². The van der Waals surface area contributed by atoms with Crippen LogP contribution in [0.1, 0.15) is 18.4 Å².